The van der Waals surface area contributed by atoms with E-state index in [1.165, 1.54) is 5.56 Å². The first kappa shape index (κ1) is 12.8. The Labute approximate surface area is 108 Å². The molecule has 2 aromatic heterocycles. The molecular formula is C14H20N4. The molecule has 0 aliphatic rings. The Kier molecular flexibility index (Phi) is 4.10. The zero-order valence-electron chi connectivity index (χ0n) is 11.2. The lowest BCUT2D eigenvalue weighted by Gasteiger charge is -2.19. The van der Waals surface area contributed by atoms with Gasteiger partial charge in [0.15, 0.2) is 0 Å². The number of imidazole rings is 1. The summed E-state index contributed by atoms with van der Waals surface area (Å²) in [6.45, 7) is 5.20. The van der Waals surface area contributed by atoms with Crippen LogP contribution < -0.4 is 5.32 Å². The third kappa shape index (κ3) is 2.59. The van der Waals surface area contributed by atoms with Crippen molar-refractivity contribution >= 4 is 0 Å². The van der Waals surface area contributed by atoms with Gasteiger partial charge in [-0.25, -0.2) is 4.98 Å². The molecule has 1 atom stereocenters. The average Bonchev–Trinajstić information content (AvgIpc) is 2.78. The molecule has 0 aliphatic heterocycles. The van der Waals surface area contributed by atoms with E-state index in [0.717, 1.165) is 24.5 Å². The lowest BCUT2D eigenvalue weighted by Crippen LogP contribution is -2.27. The van der Waals surface area contributed by atoms with Crippen molar-refractivity contribution in [3.8, 4) is 0 Å². The summed E-state index contributed by atoms with van der Waals surface area (Å²) in [7, 11) is 2.02. The third-order valence-corrected chi connectivity index (χ3v) is 3.04. The number of rotatable bonds is 5. The molecule has 18 heavy (non-hydrogen) atoms. The number of nitrogens with zero attached hydrogens (tertiary/aromatic N) is 3. The predicted molar refractivity (Wildman–Crippen MR) is 72.3 cm³/mol. The second kappa shape index (κ2) is 5.78. The first-order valence-electron chi connectivity index (χ1n) is 6.36. The van der Waals surface area contributed by atoms with Crippen LogP contribution in [0, 0.1) is 6.92 Å². The van der Waals surface area contributed by atoms with Crippen LogP contribution in [0.3, 0.4) is 0 Å². The van der Waals surface area contributed by atoms with E-state index in [1.807, 2.05) is 36.3 Å². The van der Waals surface area contributed by atoms with Crippen molar-refractivity contribution in [1.82, 2.24) is 19.9 Å². The molecule has 0 saturated heterocycles. The van der Waals surface area contributed by atoms with Crippen LogP contribution in [-0.2, 0) is 7.05 Å². The predicted octanol–water partition coefficient (Wildman–Crippen LogP) is 2.21. The minimum atomic E-state index is 0.0612. The molecule has 0 bridgehead atoms. The molecule has 0 fully saturated rings. The molecule has 4 nitrogen and oxygen atoms in total. The highest BCUT2D eigenvalue weighted by Crippen LogP contribution is 2.21. The first-order valence-corrected chi connectivity index (χ1v) is 6.36. The van der Waals surface area contributed by atoms with Gasteiger partial charge in [0, 0.05) is 25.6 Å². The maximum Gasteiger partial charge on any atom is 0.131 e. The monoisotopic (exact) mass is 244 g/mol. The fraction of sp³-hybridized carbons (Fsp3) is 0.429. The first-order chi connectivity index (χ1) is 8.74. The number of nitrogens with one attached hydrogen (secondary N) is 1. The van der Waals surface area contributed by atoms with Crippen LogP contribution in [0.4, 0.5) is 0 Å². The van der Waals surface area contributed by atoms with Gasteiger partial charge in [-0.15, -0.1) is 0 Å². The summed E-state index contributed by atoms with van der Waals surface area (Å²) in [5, 5.41) is 3.52. The zero-order chi connectivity index (χ0) is 13.0. The molecule has 0 aromatic carbocycles. The van der Waals surface area contributed by atoms with Gasteiger partial charge in [-0.2, -0.15) is 0 Å². The molecule has 2 heterocycles. The molecule has 1 unspecified atom stereocenters. The van der Waals surface area contributed by atoms with Crippen molar-refractivity contribution in [2.24, 2.45) is 7.05 Å². The molecule has 0 spiro atoms. The van der Waals surface area contributed by atoms with Gasteiger partial charge in [0.25, 0.3) is 0 Å². The van der Waals surface area contributed by atoms with Crippen LogP contribution >= 0.6 is 0 Å². The van der Waals surface area contributed by atoms with E-state index in [-0.39, 0.29) is 6.04 Å². The largest absolute Gasteiger partial charge is 0.336 e. The van der Waals surface area contributed by atoms with E-state index in [4.69, 9.17) is 0 Å². The fourth-order valence-corrected chi connectivity index (χ4v) is 2.05. The van der Waals surface area contributed by atoms with Gasteiger partial charge >= 0.3 is 0 Å². The van der Waals surface area contributed by atoms with Crippen LogP contribution in [0.5, 0.6) is 0 Å². The molecule has 0 radical (unpaired) electrons. The summed E-state index contributed by atoms with van der Waals surface area (Å²) >= 11 is 0. The SMILES string of the molecule is CCCNC(c1ncccc1C)c1nccn1C. The summed E-state index contributed by atoms with van der Waals surface area (Å²) in [5.74, 6) is 1.00. The van der Waals surface area contributed by atoms with Crippen LogP contribution in [0.25, 0.3) is 0 Å². The standard InChI is InChI=1S/C14H20N4/c1-4-7-15-13(14-17-9-10-18(14)3)12-11(2)6-5-8-16-12/h5-6,8-10,13,15H,4,7H2,1-3H3. The molecule has 0 saturated carbocycles. The quantitative estimate of drug-likeness (QED) is 0.877. The van der Waals surface area contributed by atoms with E-state index in [2.05, 4.69) is 35.2 Å². The lowest BCUT2D eigenvalue weighted by atomic mass is 10.1. The average molecular weight is 244 g/mol. The molecule has 4 heteroatoms. The van der Waals surface area contributed by atoms with E-state index >= 15 is 0 Å². The lowest BCUT2D eigenvalue weighted by molar-refractivity contribution is 0.542. The van der Waals surface area contributed by atoms with Crippen LogP contribution in [0.2, 0.25) is 0 Å². The molecule has 2 aromatic rings. The van der Waals surface area contributed by atoms with Crippen LogP contribution in [0.1, 0.15) is 36.5 Å². The number of hydrogen-bond donors (Lipinski definition) is 1. The smallest absolute Gasteiger partial charge is 0.131 e. The molecule has 1 N–H and O–H groups in total. The Morgan fingerprint density at radius 3 is 2.78 bits per heavy atom. The number of hydrogen-bond acceptors (Lipinski definition) is 3. The highest BCUT2D eigenvalue weighted by atomic mass is 15.1. The molecule has 96 valence electrons. The van der Waals surface area contributed by atoms with Crippen molar-refractivity contribution < 1.29 is 0 Å². The van der Waals surface area contributed by atoms with Gasteiger partial charge in [0.05, 0.1) is 5.69 Å². The van der Waals surface area contributed by atoms with Crippen molar-refractivity contribution in [2.45, 2.75) is 26.3 Å². The van der Waals surface area contributed by atoms with Gasteiger partial charge in [0.1, 0.15) is 11.9 Å². The van der Waals surface area contributed by atoms with Gasteiger partial charge in [-0.05, 0) is 31.5 Å². The molecule has 0 amide bonds. The maximum absolute atomic E-state index is 4.51. The number of aromatic nitrogens is 3. The summed E-state index contributed by atoms with van der Waals surface area (Å²) in [6.07, 6.45) is 6.72. The third-order valence-electron chi connectivity index (χ3n) is 3.04. The maximum atomic E-state index is 4.51. The summed E-state index contributed by atoms with van der Waals surface area (Å²) in [5.41, 5.74) is 2.24. The normalized spacial score (nSPS) is 12.6. The Balaban J connectivity index is 2.37. The van der Waals surface area contributed by atoms with E-state index < -0.39 is 0 Å². The number of aryl methyl sites for hydroxylation is 2. The van der Waals surface area contributed by atoms with Crippen molar-refractivity contribution in [3.63, 3.8) is 0 Å². The zero-order valence-corrected chi connectivity index (χ0v) is 11.2. The van der Waals surface area contributed by atoms with E-state index in [1.54, 1.807) is 0 Å². The highest BCUT2D eigenvalue weighted by molar-refractivity contribution is 5.26. The summed E-state index contributed by atoms with van der Waals surface area (Å²) in [6, 6.07) is 4.12. The second-order valence-corrected chi connectivity index (χ2v) is 4.49. The van der Waals surface area contributed by atoms with E-state index in [9.17, 15) is 0 Å². The van der Waals surface area contributed by atoms with E-state index in [0.29, 0.717) is 0 Å². The highest BCUT2D eigenvalue weighted by Gasteiger charge is 2.20. The van der Waals surface area contributed by atoms with Crippen molar-refractivity contribution in [2.75, 3.05) is 6.54 Å². The molecular weight excluding hydrogens is 224 g/mol. The Bertz CT molecular complexity index is 504. The fourth-order valence-electron chi connectivity index (χ4n) is 2.05. The Hall–Kier alpha value is -1.68. The summed E-state index contributed by atoms with van der Waals surface area (Å²) < 4.78 is 2.04. The van der Waals surface area contributed by atoms with Crippen LogP contribution in [0.15, 0.2) is 30.7 Å². The second-order valence-electron chi connectivity index (χ2n) is 4.49. The topological polar surface area (TPSA) is 42.7 Å². The Morgan fingerprint density at radius 1 is 1.33 bits per heavy atom. The van der Waals surface area contributed by atoms with Gasteiger partial charge in [0.2, 0.25) is 0 Å². The van der Waals surface area contributed by atoms with Crippen LogP contribution in [-0.4, -0.2) is 21.1 Å². The van der Waals surface area contributed by atoms with Gasteiger partial charge < -0.3 is 9.88 Å². The molecule has 0 aliphatic carbocycles. The minimum absolute atomic E-state index is 0.0612. The van der Waals surface area contributed by atoms with Gasteiger partial charge in [-0.1, -0.05) is 13.0 Å². The van der Waals surface area contributed by atoms with Crippen molar-refractivity contribution in [1.29, 1.82) is 0 Å². The van der Waals surface area contributed by atoms with Gasteiger partial charge in [-0.3, -0.25) is 4.98 Å². The summed E-state index contributed by atoms with van der Waals surface area (Å²) in [4.78, 5) is 8.96. The van der Waals surface area contributed by atoms with Crippen molar-refractivity contribution in [3.05, 3.63) is 47.8 Å². The molecule has 2 rings (SSSR count). The minimum Gasteiger partial charge on any atom is -0.336 e. The Morgan fingerprint density at radius 2 is 2.17 bits per heavy atom. The number of pyridine rings is 1.